The highest BCUT2D eigenvalue weighted by Crippen LogP contribution is 2.35. The number of aliphatic carboxylic acids is 1. The molecular weight excluding hydrogens is 296 g/mol. The van der Waals surface area contributed by atoms with Crippen molar-refractivity contribution in [3.63, 3.8) is 0 Å². The van der Waals surface area contributed by atoms with Crippen LogP contribution in [0.15, 0.2) is 24.3 Å². The van der Waals surface area contributed by atoms with Crippen molar-refractivity contribution in [1.29, 1.82) is 0 Å². The zero-order valence-corrected chi connectivity index (χ0v) is 11.9. The average molecular weight is 313 g/mol. The molecule has 1 aliphatic rings. The van der Waals surface area contributed by atoms with Crippen molar-refractivity contribution in [2.24, 2.45) is 0 Å². The zero-order chi connectivity index (χ0) is 16.2. The van der Waals surface area contributed by atoms with E-state index in [1.165, 1.54) is 24.3 Å². The van der Waals surface area contributed by atoms with E-state index in [9.17, 15) is 18.4 Å². The highest BCUT2D eigenvalue weighted by molar-refractivity contribution is 5.91. The Balaban J connectivity index is 2.30. The first-order chi connectivity index (χ1) is 10.5. The van der Waals surface area contributed by atoms with Gasteiger partial charge in [0.15, 0.2) is 6.04 Å². The van der Waals surface area contributed by atoms with E-state index in [0.717, 1.165) is 0 Å². The van der Waals surface area contributed by atoms with Crippen molar-refractivity contribution < 1.29 is 28.2 Å². The summed E-state index contributed by atoms with van der Waals surface area (Å²) in [6.45, 7) is -0.562. The van der Waals surface area contributed by atoms with Crippen LogP contribution in [0.1, 0.15) is 18.4 Å². The van der Waals surface area contributed by atoms with E-state index >= 15 is 0 Å². The van der Waals surface area contributed by atoms with Crippen LogP contribution in [0.25, 0.3) is 0 Å². The van der Waals surface area contributed by atoms with Crippen LogP contribution >= 0.6 is 0 Å². The molecule has 5 nitrogen and oxygen atoms in total. The molecule has 0 saturated carbocycles. The minimum Gasteiger partial charge on any atom is -0.480 e. The van der Waals surface area contributed by atoms with E-state index in [1.807, 2.05) is 0 Å². The number of carboxylic acid groups (broad SMARTS) is 1. The molecule has 1 aromatic rings. The van der Waals surface area contributed by atoms with Crippen molar-refractivity contribution >= 4 is 11.9 Å². The van der Waals surface area contributed by atoms with Gasteiger partial charge in [-0.15, -0.1) is 0 Å². The Bertz CT molecular complexity index is 541. The molecule has 2 N–H and O–H groups in total. The fourth-order valence-electron chi connectivity index (χ4n) is 2.60. The Labute approximate surface area is 126 Å². The molecule has 1 saturated heterocycles. The highest BCUT2D eigenvalue weighted by Gasteiger charge is 2.43. The van der Waals surface area contributed by atoms with Gasteiger partial charge in [0.1, 0.15) is 12.5 Å². The van der Waals surface area contributed by atoms with E-state index in [-0.39, 0.29) is 0 Å². The lowest BCUT2D eigenvalue weighted by Gasteiger charge is -2.36. The summed E-state index contributed by atoms with van der Waals surface area (Å²) in [7, 11) is 0. The number of benzene rings is 1. The first-order valence-electron chi connectivity index (χ1n) is 6.93. The second-order valence-corrected chi connectivity index (χ2v) is 5.22. The Kier molecular flexibility index (Phi) is 5.07. The summed E-state index contributed by atoms with van der Waals surface area (Å²) in [5, 5.41) is 11.1. The highest BCUT2D eigenvalue weighted by atomic mass is 19.1. The topological polar surface area (TPSA) is 75.6 Å². The molecule has 0 aliphatic carbocycles. The molecule has 1 aliphatic heterocycles. The lowest BCUT2D eigenvalue weighted by molar-refractivity contribution is -0.144. The minimum atomic E-state index is -1.59. The number of rotatable bonds is 5. The summed E-state index contributed by atoms with van der Waals surface area (Å²) >= 11 is 0. The molecule has 1 heterocycles. The third-order valence-electron chi connectivity index (χ3n) is 3.94. The second kappa shape index (κ2) is 6.83. The Morgan fingerprint density at radius 1 is 1.27 bits per heavy atom. The summed E-state index contributed by atoms with van der Waals surface area (Å²) in [6.07, 6.45) is 0.645. The van der Waals surface area contributed by atoms with Crippen LogP contribution in [-0.2, 0) is 19.7 Å². The summed E-state index contributed by atoms with van der Waals surface area (Å²) in [5.41, 5.74) is -0.466. The summed E-state index contributed by atoms with van der Waals surface area (Å²) in [4.78, 5) is 23.5. The van der Waals surface area contributed by atoms with Gasteiger partial charge in [-0.25, -0.2) is 13.6 Å². The lowest BCUT2D eigenvalue weighted by atomic mass is 9.73. The molecular formula is C15H17F2NO4. The molecule has 1 fully saturated rings. The van der Waals surface area contributed by atoms with Gasteiger partial charge in [0.25, 0.3) is 0 Å². The van der Waals surface area contributed by atoms with Gasteiger partial charge in [0.05, 0.1) is 5.41 Å². The average Bonchev–Trinajstić information content (AvgIpc) is 2.53. The van der Waals surface area contributed by atoms with Crippen LogP contribution < -0.4 is 5.32 Å². The van der Waals surface area contributed by atoms with Crippen LogP contribution in [0.3, 0.4) is 0 Å². The van der Waals surface area contributed by atoms with Crippen LogP contribution in [0.5, 0.6) is 0 Å². The number of carboxylic acids is 1. The SMILES string of the molecule is O=C(O)C(CF)NC(=O)C1(c2ccc(F)cc2)CCOCC1. The van der Waals surface area contributed by atoms with Gasteiger partial charge < -0.3 is 15.2 Å². The van der Waals surface area contributed by atoms with Gasteiger partial charge in [0.2, 0.25) is 5.91 Å². The first-order valence-corrected chi connectivity index (χ1v) is 6.93. The maximum absolute atomic E-state index is 13.1. The molecule has 120 valence electrons. The molecule has 22 heavy (non-hydrogen) atoms. The van der Waals surface area contributed by atoms with Gasteiger partial charge in [-0.1, -0.05) is 12.1 Å². The van der Waals surface area contributed by atoms with E-state index in [0.29, 0.717) is 31.6 Å². The molecule has 0 radical (unpaired) electrons. The van der Waals surface area contributed by atoms with Crippen molar-refractivity contribution in [3.05, 3.63) is 35.6 Å². The monoisotopic (exact) mass is 313 g/mol. The molecule has 7 heteroatoms. The number of halogens is 2. The number of alkyl halides is 1. The first kappa shape index (κ1) is 16.4. The molecule has 0 spiro atoms. The van der Waals surface area contributed by atoms with Crippen molar-refractivity contribution in [2.75, 3.05) is 19.9 Å². The van der Waals surface area contributed by atoms with E-state index in [2.05, 4.69) is 5.32 Å². The normalized spacial score (nSPS) is 18.5. The van der Waals surface area contributed by atoms with Crippen LogP contribution in [0.4, 0.5) is 8.78 Å². The Hall–Kier alpha value is -2.02. The second-order valence-electron chi connectivity index (χ2n) is 5.22. The molecule has 0 bridgehead atoms. The molecule has 1 aromatic carbocycles. The third-order valence-corrected chi connectivity index (χ3v) is 3.94. The molecule has 1 amide bonds. The van der Waals surface area contributed by atoms with Crippen molar-refractivity contribution in [3.8, 4) is 0 Å². The van der Waals surface area contributed by atoms with Gasteiger partial charge in [0, 0.05) is 13.2 Å². The van der Waals surface area contributed by atoms with Crippen molar-refractivity contribution in [2.45, 2.75) is 24.3 Å². The smallest absolute Gasteiger partial charge is 0.328 e. The number of amides is 1. The molecule has 0 aromatic heterocycles. The van der Waals surface area contributed by atoms with Crippen LogP contribution in [-0.4, -0.2) is 42.9 Å². The molecule has 1 atom stereocenters. The number of nitrogens with one attached hydrogen (secondary N) is 1. The molecule has 2 rings (SSSR count). The number of carbonyl (C=O) groups excluding carboxylic acids is 1. The van der Waals surface area contributed by atoms with E-state index in [4.69, 9.17) is 9.84 Å². The van der Waals surface area contributed by atoms with Crippen LogP contribution in [0, 0.1) is 5.82 Å². The summed E-state index contributed by atoms with van der Waals surface area (Å²) in [5.74, 6) is -2.44. The number of carbonyl (C=O) groups is 2. The number of hydrogen-bond acceptors (Lipinski definition) is 3. The van der Waals surface area contributed by atoms with Crippen molar-refractivity contribution in [1.82, 2.24) is 5.32 Å². The van der Waals surface area contributed by atoms with E-state index < -0.39 is 35.8 Å². The van der Waals surface area contributed by atoms with E-state index in [1.54, 1.807) is 0 Å². The predicted molar refractivity (Wildman–Crippen MR) is 73.7 cm³/mol. The lowest BCUT2D eigenvalue weighted by Crippen LogP contribution is -2.53. The summed E-state index contributed by atoms with van der Waals surface area (Å²) < 4.78 is 31.1. The predicted octanol–water partition coefficient (Wildman–Crippen LogP) is 1.41. The summed E-state index contributed by atoms with van der Waals surface area (Å²) in [6, 6.07) is 3.87. The fraction of sp³-hybridized carbons (Fsp3) is 0.467. The van der Waals surface area contributed by atoms with Gasteiger partial charge in [-0.2, -0.15) is 0 Å². The Morgan fingerprint density at radius 3 is 2.36 bits per heavy atom. The Morgan fingerprint density at radius 2 is 1.86 bits per heavy atom. The van der Waals surface area contributed by atoms with Gasteiger partial charge in [-0.3, -0.25) is 4.79 Å². The fourth-order valence-corrected chi connectivity index (χ4v) is 2.60. The molecule has 1 unspecified atom stereocenters. The standard InChI is InChI=1S/C15H17F2NO4/c16-9-12(13(19)20)18-14(21)15(5-7-22-8-6-15)10-1-3-11(17)4-2-10/h1-4,12H,5-9H2,(H,18,21)(H,19,20). The maximum atomic E-state index is 13.1. The zero-order valence-electron chi connectivity index (χ0n) is 11.9. The quantitative estimate of drug-likeness (QED) is 0.862. The maximum Gasteiger partial charge on any atom is 0.328 e. The van der Waals surface area contributed by atoms with Crippen LogP contribution in [0.2, 0.25) is 0 Å². The number of hydrogen-bond donors (Lipinski definition) is 2. The third kappa shape index (κ3) is 3.24. The number of ether oxygens (including phenoxy) is 1. The minimum absolute atomic E-state index is 0.318. The largest absolute Gasteiger partial charge is 0.480 e. The van der Waals surface area contributed by atoms with Gasteiger partial charge in [-0.05, 0) is 30.5 Å². The van der Waals surface area contributed by atoms with Gasteiger partial charge >= 0.3 is 5.97 Å².